The van der Waals surface area contributed by atoms with Gasteiger partial charge in [-0.3, -0.25) is 19.2 Å². The topological polar surface area (TPSA) is 149 Å². The minimum atomic E-state index is -1.14. The maximum absolute atomic E-state index is 15.5. The molecule has 0 bridgehead atoms. The number of methoxy groups -OCH3 is 2. The number of amides is 1. The molecule has 1 aliphatic rings. The molecule has 14 heteroatoms. The van der Waals surface area contributed by atoms with Crippen molar-refractivity contribution in [3.8, 4) is 23.0 Å². The van der Waals surface area contributed by atoms with Gasteiger partial charge in [-0.15, -0.1) is 11.3 Å². The van der Waals surface area contributed by atoms with Crippen molar-refractivity contribution in [1.82, 2.24) is 4.90 Å². The zero-order chi connectivity index (χ0) is 33.0. The first-order valence-corrected chi connectivity index (χ1v) is 14.9. The Bertz CT molecular complexity index is 1640. The van der Waals surface area contributed by atoms with E-state index in [1.54, 1.807) is 18.2 Å². The third-order valence-electron chi connectivity index (χ3n) is 7.44. The predicted molar refractivity (Wildman–Crippen MR) is 158 cm³/mol. The molecule has 1 aromatic heterocycles. The van der Waals surface area contributed by atoms with E-state index >= 15 is 8.78 Å². The summed E-state index contributed by atoms with van der Waals surface area (Å²) in [5.41, 5.74) is -0.103. The van der Waals surface area contributed by atoms with Crippen molar-refractivity contribution in [2.75, 3.05) is 27.4 Å². The Kier molecular flexibility index (Phi) is 10.5. The third-order valence-corrected chi connectivity index (χ3v) is 8.58. The number of carboxylic acids is 2. The molecule has 0 radical (unpaired) electrons. The first kappa shape index (κ1) is 33.4. The smallest absolute Gasteiger partial charge is 0.306 e. The molecule has 4 rings (SSSR count). The lowest BCUT2D eigenvalue weighted by Gasteiger charge is -2.16. The summed E-state index contributed by atoms with van der Waals surface area (Å²) in [6.07, 6.45) is -0.173. The first-order chi connectivity index (χ1) is 21.4. The number of hydrogen-bond acceptors (Lipinski definition) is 9. The Morgan fingerprint density at radius 3 is 2.04 bits per heavy atom. The van der Waals surface area contributed by atoms with E-state index in [2.05, 4.69) is 0 Å². The van der Waals surface area contributed by atoms with E-state index in [1.165, 1.54) is 44.3 Å². The monoisotopic (exact) mass is 649 g/mol. The van der Waals surface area contributed by atoms with Gasteiger partial charge in [-0.2, -0.15) is 0 Å². The van der Waals surface area contributed by atoms with Crippen LogP contribution in [0.2, 0.25) is 0 Å². The molecule has 0 aliphatic carbocycles. The van der Waals surface area contributed by atoms with Gasteiger partial charge in [0, 0.05) is 54.2 Å². The van der Waals surface area contributed by atoms with Gasteiger partial charge in [0.1, 0.15) is 0 Å². The molecule has 1 amide bonds. The van der Waals surface area contributed by atoms with Crippen molar-refractivity contribution in [2.24, 2.45) is 11.8 Å². The van der Waals surface area contributed by atoms with Crippen LogP contribution >= 0.6 is 11.3 Å². The first-order valence-electron chi connectivity index (χ1n) is 14.1. The summed E-state index contributed by atoms with van der Waals surface area (Å²) in [7, 11) is 2.63. The average Bonchev–Trinajstić information content (AvgIpc) is 3.64. The van der Waals surface area contributed by atoms with E-state index in [-0.39, 0.29) is 62.5 Å². The Balaban J connectivity index is 1.40. The highest BCUT2D eigenvalue weighted by Gasteiger charge is 2.35. The Morgan fingerprint density at radius 2 is 1.44 bits per heavy atom. The SMILES string of the molecule is COc1cc2sc(C(=O)CC(C)C(=O)O)cc2cc1OCCCOc1c(F)c2c(c(F)c1OC)CN(C(=O)CC(C)C(=O)O)C2. The zero-order valence-corrected chi connectivity index (χ0v) is 25.9. The molecular formula is C31H33F2NO10S. The van der Waals surface area contributed by atoms with E-state index in [9.17, 15) is 19.2 Å². The summed E-state index contributed by atoms with van der Waals surface area (Å²) in [5, 5.41) is 18.9. The standard InChI is InChI=1S/C31H33F2NO10S/c1-15(30(37)38)8-20(35)24-11-17-10-22(21(41-3)12-23(17)45-24)43-6-5-7-44-29-27(33)19-14-34(25(36)9-16(2)31(39)40)13-18(19)26(32)28(29)42-4/h10-12,15-16H,5-9,13-14H2,1-4H3,(H,37,38)(H,39,40). The van der Waals surface area contributed by atoms with Gasteiger partial charge in [0.05, 0.1) is 44.1 Å². The molecule has 0 saturated heterocycles. The number of carboxylic acid groups (broad SMARTS) is 2. The molecule has 2 atom stereocenters. The lowest BCUT2D eigenvalue weighted by molar-refractivity contribution is -0.145. The number of carbonyl (C=O) groups is 4. The second kappa shape index (κ2) is 14.1. The van der Waals surface area contributed by atoms with Gasteiger partial charge >= 0.3 is 11.9 Å². The molecular weight excluding hydrogens is 616 g/mol. The molecule has 242 valence electrons. The van der Waals surface area contributed by atoms with Crippen molar-refractivity contribution >= 4 is 45.1 Å². The number of hydrogen-bond donors (Lipinski definition) is 2. The summed E-state index contributed by atoms with van der Waals surface area (Å²) in [6.45, 7) is 2.43. The van der Waals surface area contributed by atoms with Gasteiger partial charge in [0.2, 0.25) is 11.7 Å². The fraction of sp³-hybridized carbons (Fsp3) is 0.419. The summed E-state index contributed by atoms with van der Waals surface area (Å²) in [6, 6.07) is 5.09. The highest BCUT2D eigenvalue weighted by molar-refractivity contribution is 7.20. The number of ether oxygens (including phenoxy) is 4. The van der Waals surface area contributed by atoms with Crippen LogP contribution in [0.1, 0.15) is 53.9 Å². The minimum Gasteiger partial charge on any atom is -0.493 e. The third kappa shape index (κ3) is 7.27. The predicted octanol–water partition coefficient (Wildman–Crippen LogP) is 5.29. The van der Waals surface area contributed by atoms with E-state index in [0.29, 0.717) is 21.8 Å². The molecule has 2 aromatic carbocycles. The van der Waals surface area contributed by atoms with Crippen LogP contribution in [-0.4, -0.2) is 66.2 Å². The largest absolute Gasteiger partial charge is 0.493 e. The number of ketones is 1. The lowest BCUT2D eigenvalue weighted by Crippen LogP contribution is -2.28. The molecule has 45 heavy (non-hydrogen) atoms. The number of benzene rings is 2. The maximum atomic E-state index is 15.5. The Hall–Kier alpha value is -4.46. The summed E-state index contributed by atoms with van der Waals surface area (Å²) >= 11 is 1.23. The molecule has 2 unspecified atom stereocenters. The summed E-state index contributed by atoms with van der Waals surface area (Å²) < 4.78 is 53.6. The van der Waals surface area contributed by atoms with E-state index in [4.69, 9.17) is 29.2 Å². The van der Waals surface area contributed by atoms with Crippen LogP contribution in [0.4, 0.5) is 8.78 Å². The normalized spacial score (nSPS) is 13.7. The van der Waals surface area contributed by atoms with Gasteiger partial charge in [0.15, 0.2) is 34.7 Å². The van der Waals surface area contributed by atoms with E-state index in [1.807, 2.05) is 0 Å². The van der Waals surface area contributed by atoms with Crippen LogP contribution in [0.3, 0.4) is 0 Å². The molecule has 0 spiro atoms. The quantitative estimate of drug-likeness (QED) is 0.164. The number of nitrogens with zero attached hydrogens (tertiary/aromatic N) is 1. The second-order valence-corrected chi connectivity index (χ2v) is 11.8. The van der Waals surface area contributed by atoms with Crippen LogP contribution in [-0.2, 0) is 27.5 Å². The van der Waals surface area contributed by atoms with Crippen LogP contribution in [0.15, 0.2) is 18.2 Å². The summed E-state index contributed by atoms with van der Waals surface area (Å²) in [4.78, 5) is 49.0. The lowest BCUT2D eigenvalue weighted by atomic mass is 10.0. The van der Waals surface area contributed by atoms with Gasteiger partial charge in [0.25, 0.3) is 0 Å². The van der Waals surface area contributed by atoms with E-state index < -0.39 is 52.8 Å². The molecule has 1 aliphatic heterocycles. The number of fused-ring (bicyclic) bond motifs is 2. The van der Waals surface area contributed by atoms with Crippen molar-refractivity contribution in [3.05, 3.63) is 45.8 Å². The zero-order valence-electron chi connectivity index (χ0n) is 25.1. The van der Waals surface area contributed by atoms with Crippen molar-refractivity contribution < 1.29 is 57.1 Å². The Labute approximate surface area is 261 Å². The molecule has 0 fully saturated rings. The van der Waals surface area contributed by atoms with Gasteiger partial charge in [-0.1, -0.05) is 13.8 Å². The highest BCUT2D eigenvalue weighted by atomic mass is 32.1. The fourth-order valence-electron chi connectivity index (χ4n) is 4.81. The molecule has 0 saturated carbocycles. The number of Topliss-reactive ketones (excluding diaryl/α,β-unsaturated/α-hetero) is 1. The fourth-order valence-corrected chi connectivity index (χ4v) is 5.83. The van der Waals surface area contributed by atoms with E-state index in [0.717, 1.165) is 4.70 Å². The minimum absolute atomic E-state index is 0.0477. The van der Waals surface area contributed by atoms with Gasteiger partial charge < -0.3 is 34.1 Å². The number of halogens is 2. The van der Waals surface area contributed by atoms with Crippen molar-refractivity contribution in [2.45, 2.75) is 46.2 Å². The molecule has 11 nitrogen and oxygen atoms in total. The van der Waals surface area contributed by atoms with Gasteiger partial charge in [-0.25, -0.2) is 8.78 Å². The van der Waals surface area contributed by atoms with Crippen molar-refractivity contribution in [3.63, 3.8) is 0 Å². The van der Waals surface area contributed by atoms with Crippen LogP contribution < -0.4 is 18.9 Å². The summed E-state index contributed by atoms with van der Waals surface area (Å²) in [5.74, 6) is -6.55. The number of aliphatic carboxylic acids is 2. The molecule has 3 aromatic rings. The molecule has 2 N–H and O–H groups in total. The number of rotatable bonds is 15. The van der Waals surface area contributed by atoms with Gasteiger partial charge in [-0.05, 0) is 17.5 Å². The Morgan fingerprint density at radius 1 is 0.844 bits per heavy atom. The van der Waals surface area contributed by atoms with Crippen LogP contribution in [0, 0.1) is 23.5 Å². The van der Waals surface area contributed by atoms with Crippen LogP contribution in [0.5, 0.6) is 23.0 Å². The molecule has 2 heterocycles. The average molecular weight is 650 g/mol. The van der Waals surface area contributed by atoms with Crippen molar-refractivity contribution in [1.29, 1.82) is 0 Å². The second-order valence-electron chi connectivity index (χ2n) is 10.7. The number of thiophene rings is 1. The highest BCUT2D eigenvalue weighted by Crippen LogP contribution is 2.42. The number of carbonyl (C=O) groups excluding carboxylic acids is 2. The van der Waals surface area contributed by atoms with Crippen LogP contribution in [0.25, 0.3) is 10.1 Å². The maximum Gasteiger partial charge on any atom is 0.306 e.